The van der Waals surface area contributed by atoms with Crippen molar-refractivity contribution in [2.75, 3.05) is 5.32 Å². The van der Waals surface area contributed by atoms with Gasteiger partial charge in [-0.3, -0.25) is 0 Å². The lowest BCUT2D eigenvalue weighted by atomic mass is 10.1. The van der Waals surface area contributed by atoms with Gasteiger partial charge in [-0.1, -0.05) is 36.7 Å². The first kappa shape index (κ1) is 12.4. The number of anilines is 2. The Hall–Kier alpha value is -2.05. The van der Waals surface area contributed by atoms with E-state index in [1.54, 1.807) is 12.3 Å². The van der Waals surface area contributed by atoms with Crippen LogP contribution in [0.3, 0.4) is 0 Å². The van der Waals surface area contributed by atoms with Gasteiger partial charge >= 0.3 is 0 Å². The molecule has 0 atom stereocenters. The second-order valence-electron chi connectivity index (χ2n) is 3.77. The lowest BCUT2D eigenvalue weighted by Crippen LogP contribution is -1.98. The molecule has 1 heterocycles. The first-order valence-corrected chi connectivity index (χ1v) is 6.03. The summed E-state index contributed by atoms with van der Waals surface area (Å²) in [6.45, 7) is 2.08. The molecule has 90 valence electrons. The Kier molecular flexibility index (Phi) is 3.81. The maximum Gasteiger partial charge on any atom is 0.150 e. The van der Waals surface area contributed by atoms with Gasteiger partial charge in [0, 0.05) is 11.9 Å². The third kappa shape index (κ3) is 2.44. The third-order valence-electron chi connectivity index (χ3n) is 2.66. The molecule has 1 aromatic carbocycles. The van der Waals surface area contributed by atoms with Crippen LogP contribution in [0.15, 0.2) is 36.5 Å². The topological polar surface area (TPSA) is 48.7 Å². The Bertz CT molecular complexity index is 602. The average Bonchev–Trinajstić information content (AvgIpc) is 2.42. The number of aromatic nitrogens is 1. The number of nitrogens with one attached hydrogen (secondary N) is 1. The van der Waals surface area contributed by atoms with Crippen molar-refractivity contribution in [3.05, 3.63) is 52.7 Å². The van der Waals surface area contributed by atoms with Gasteiger partial charge in [0.2, 0.25) is 0 Å². The number of nitrogens with zero attached hydrogens (tertiary/aromatic N) is 2. The monoisotopic (exact) mass is 257 g/mol. The molecule has 3 nitrogen and oxygen atoms in total. The molecule has 0 bridgehead atoms. The molecule has 2 aromatic rings. The number of benzene rings is 1. The predicted octanol–water partition coefficient (Wildman–Crippen LogP) is 3.91. The van der Waals surface area contributed by atoms with Crippen LogP contribution in [-0.2, 0) is 6.42 Å². The summed E-state index contributed by atoms with van der Waals surface area (Å²) >= 11 is 6.11. The van der Waals surface area contributed by atoms with Crippen LogP contribution in [0.5, 0.6) is 0 Å². The van der Waals surface area contributed by atoms with Gasteiger partial charge in [0.25, 0.3) is 0 Å². The minimum absolute atomic E-state index is 0.353. The van der Waals surface area contributed by atoms with E-state index in [9.17, 15) is 0 Å². The van der Waals surface area contributed by atoms with Gasteiger partial charge in [-0.25, -0.2) is 4.98 Å². The third-order valence-corrected chi connectivity index (χ3v) is 3.04. The summed E-state index contributed by atoms with van der Waals surface area (Å²) in [7, 11) is 0. The molecule has 0 saturated heterocycles. The fraction of sp³-hybridized carbons (Fsp3) is 0.143. The number of aryl methyl sites for hydroxylation is 1. The first-order valence-electron chi connectivity index (χ1n) is 5.65. The van der Waals surface area contributed by atoms with Crippen molar-refractivity contribution >= 4 is 23.1 Å². The largest absolute Gasteiger partial charge is 0.339 e. The van der Waals surface area contributed by atoms with Gasteiger partial charge in [0.15, 0.2) is 5.82 Å². The molecule has 0 radical (unpaired) electrons. The van der Waals surface area contributed by atoms with E-state index in [4.69, 9.17) is 16.9 Å². The number of nitriles is 1. The van der Waals surface area contributed by atoms with Crippen LogP contribution in [0.4, 0.5) is 11.5 Å². The molecule has 0 amide bonds. The Morgan fingerprint density at radius 2 is 2.11 bits per heavy atom. The number of halogens is 1. The molecule has 0 aliphatic rings. The van der Waals surface area contributed by atoms with Crippen molar-refractivity contribution in [2.24, 2.45) is 0 Å². The van der Waals surface area contributed by atoms with Crippen molar-refractivity contribution in [2.45, 2.75) is 13.3 Å². The zero-order valence-corrected chi connectivity index (χ0v) is 10.7. The van der Waals surface area contributed by atoms with Crippen molar-refractivity contribution < 1.29 is 0 Å². The molecule has 0 unspecified atom stereocenters. The maximum absolute atomic E-state index is 8.92. The van der Waals surface area contributed by atoms with E-state index in [1.807, 2.05) is 30.3 Å². The van der Waals surface area contributed by atoms with Crippen LogP contribution in [0.1, 0.15) is 18.1 Å². The Balaban J connectivity index is 2.38. The average molecular weight is 258 g/mol. The molecule has 0 aliphatic carbocycles. The molecule has 0 spiro atoms. The van der Waals surface area contributed by atoms with E-state index >= 15 is 0 Å². The summed E-state index contributed by atoms with van der Waals surface area (Å²) in [5, 5.41) is 12.4. The Morgan fingerprint density at radius 1 is 1.33 bits per heavy atom. The molecular weight excluding hydrogens is 246 g/mol. The number of para-hydroxylation sites is 1. The Labute approximate surface area is 111 Å². The molecule has 1 aromatic heterocycles. The van der Waals surface area contributed by atoms with Gasteiger partial charge in [0.05, 0.1) is 5.56 Å². The molecule has 18 heavy (non-hydrogen) atoms. The number of pyridine rings is 1. The maximum atomic E-state index is 8.92. The van der Waals surface area contributed by atoms with Crippen LogP contribution >= 0.6 is 11.6 Å². The highest BCUT2D eigenvalue weighted by molar-refractivity contribution is 6.34. The highest BCUT2D eigenvalue weighted by Gasteiger charge is 2.08. The standard InChI is InChI=1S/C14H12ClN3/c1-2-10-5-3-4-6-12(10)18-14-13(15)11(9-16)7-8-17-14/h3-8H,2H2,1H3,(H,17,18). The molecule has 2 rings (SSSR count). The minimum atomic E-state index is 0.353. The highest BCUT2D eigenvalue weighted by Crippen LogP contribution is 2.27. The summed E-state index contributed by atoms with van der Waals surface area (Å²) < 4.78 is 0. The molecule has 0 fully saturated rings. The van der Waals surface area contributed by atoms with E-state index < -0.39 is 0 Å². The lowest BCUT2D eigenvalue weighted by molar-refractivity contribution is 1.14. The van der Waals surface area contributed by atoms with E-state index in [0.29, 0.717) is 16.4 Å². The van der Waals surface area contributed by atoms with Gasteiger partial charge in [-0.05, 0) is 24.1 Å². The van der Waals surface area contributed by atoms with Gasteiger partial charge in [0.1, 0.15) is 11.1 Å². The normalized spacial score (nSPS) is 9.83. The second-order valence-corrected chi connectivity index (χ2v) is 4.15. The number of rotatable bonds is 3. The quantitative estimate of drug-likeness (QED) is 0.907. The fourth-order valence-corrected chi connectivity index (χ4v) is 1.90. The molecule has 4 heteroatoms. The van der Waals surface area contributed by atoms with Gasteiger partial charge in [-0.2, -0.15) is 5.26 Å². The van der Waals surface area contributed by atoms with Crippen molar-refractivity contribution in [3.63, 3.8) is 0 Å². The summed E-state index contributed by atoms with van der Waals surface area (Å²) in [6, 6.07) is 11.6. The van der Waals surface area contributed by atoms with E-state index in [2.05, 4.69) is 17.2 Å². The second kappa shape index (κ2) is 5.52. The van der Waals surface area contributed by atoms with Crippen LogP contribution in [0.2, 0.25) is 5.02 Å². The fourth-order valence-electron chi connectivity index (χ4n) is 1.70. The van der Waals surface area contributed by atoms with Crippen LogP contribution in [0.25, 0.3) is 0 Å². The van der Waals surface area contributed by atoms with E-state index in [0.717, 1.165) is 12.1 Å². The summed E-state index contributed by atoms with van der Waals surface area (Å²) in [5.74, 6) is 0.511. The Morgan fingerprint density at radius 3 is 2.83 bits per heavy atom. The smallest absolute Gasteiger partial charge is 0.150 e. The first-order chi connectivity index (χ1) is 8.76. The lowest BCUT2D eigenvalue weighted by Gasteiger charge is -2.11. The summed E-state index contributed by atoms with van der Waals surface area (Å²) in [5.41, 5.74) is 2.56. The van der Waals surface area contributed by atoms with Crippen molar-refractivity contribution in [3.8, 4) is 6.07 Å². The molecule has 0 saturated carbocycles. The summed E-state index contributed by atoms with van der Waals surface area (Å²) in [4.78, 5) is 4.16. The molecule has 0 aliphatic heterocycles. The number of hydrogen-bond donors (Lipinski definition) is 1. The molecule has 1 N–H and O–H groups in total. The zero-order chi connectivity index (χ0) is 13.0. The number of hydrogen-bond acceptors (Lipinski definition) is 3. The molecular formula is C14H12ClN3. The van der Waals surface area contributed by atoms with Gasteiger partial charge < -0.3 is 5.32 Å². The van der Waals surface area contributed by atoms with Gasteiger partial charge in [-0.15, -0.1) is 0 Å². The van der Waals surface area contributed by atoms with Crippen molar-refractivity contribution in [1.82, 2.24) is 4.98 Å². The van der Waals surface area contributed by atoms with Crippen LogP contribution < -0.4 is 5.32 Å². The van der Waals surface area contributed by atoms with Crippen LogP contribution in [0, 0.1) is 11.3 Å². The van der Waals surface area contributed by atoms with E-state index in [-0.39, 0.29) is 0 Å². The zero-order valence-electron chi connectivity index (χ0n) is 9.94. The minimum Gasteiger partial charge on any atom is -0.339 e. The predicted molar refractivity (Wildman–Crippen MR) is 73.1 cm³/mol. The SMILES string of the molecule is CCc1ccccc1Nc1nccc(C#N)c1Cl. The summed E-state index contributed by atoms with van der Waals surface area (Å²) in [6.07, 6.45) is 2.49. The highest BCUT2D eigenvalue weighted by atomic mass is 35.5. The van der Waals surface area contributed by atoms with Crippen molar-refractivity contribution in [1.29, 1.82) is 5.26 Å². The van der Waals surface area contributed by atoms with Crippen LogP contribution in [-0.4, -0.2) is 4.98 Å². The van der Waals surface area contributed by atoms with E-state index in [1.165, 1.54) is 5.56 Å².